The van der Waals surface area contributed by atoms with E-state index in [-0.39, 0.29) is 25.2 Å². The zero-order chi connectivity index (χ0) is 46.3. The lowest BCUT2D eigenvalue weighted by atomic mass is 10.0. The third kappa shape index (κ3) is 52.2. The van der Waals surface area contributed by atoms with Crippen LogP contribution in [-0.4, -0.2) is 36.4 Å². The maximum Gasteiger partial charge on any atom is 0.306 e. The Hall–Kier alpha value is -2.40. The average Bonchev–Trinajstić information content (AvgIpc) is 3.30. The Balaban J connectivity index is 3.46. The monoisotopic (exact) mass is 895 g/mol. The molecular formula is C59H106O5. The molecule has 0 saturated carbocycles. The number of hydrogen-bond acceptors (Lipinski definition) is 5. The number of hydrogen-bond donors (Lipinski definition) is 1. The van der Waals surface area contributed by atoms with Crippen molar-refractivity contribution in [2.24, 2.45) is 0 Å². The lowest BCUT2D eigenvalue weighted by Gasteiger charge is -2.15. The number of esters is 2. The van der Waals surface area contributed by atoms with E-state index in [4.69, 9.17) is 9.47 Å². The topological polar surface area (TPSA) is 72.8 Å². The molecule has 372 valence electrons. The van der Waals surface area contributed by atoms with E-state index in [1.54, 1.807) is 0 Å². The summed E-state index contributed by atoms with van der Waals surface area (Å²) >= 11 is 0. The Bertz CT molecular complexity index is 1100. The maximum atomic E-state index is 12.3. The molecule has 0 aliphatic heterocycles. The van der Waals surface area contributed by atoms with E-state index in [1.165, 1.54) is 186 Å². The third-order valence-corrected chi connectivity index (χ3v) is 12.3. The first-order chi connectivity index (χ1) is 31.6. The molecule has 0 aromatic heterocycles. The summed E-state index contributed by atoms with van der Waals surface area (Å²) in [5.74, 6) is -0.591. The second kappa shape index (κ2) is 54.9. The van der Waals surface area contributed by atoms with Crippen molar-refractivity contribution in [2.75, 3.05) is 13.2 Å². The Morgan fingerprint density at radius 1 is 0.375 bits per heavy atom. The van der Waals surface area contributed by atoms with Crippen LogP contribution in [0.1, 0.15) is 284 Å². The first-order valence-electron chi connectivity index (χ1n) is 27.8. The Labute approximate surface area is 398 Å². The van der Waals surface area contributed by atoms with Crippen LogP contribution in [0.25, 0.3) is 0 Å². The molecular weight excluding hydrogens is 789 g/mol. The molecule has 0 radical (unpaired) electrons. The number of aliphatic hydroxyl groups is 1. The lowest BCUT2D eigenvalue weighted by Crippen LogP contribution is -2.28. The third-order valence-electron chi connectivity index (χ3n) is 12.3. The molecule has 64 heavy (non-hydrogen) atoms. The van der Waals surface area contributed by atoms with Crippen molar-refractivity contribution in [3.63, 3.8) is 0 Å². The van der Waals surface area contributed by atoms with Gasteiger partial charge >= 0.3 is 11.9 Å². The first-order valence-corrected chi connectivity index (χ1v) is 27.8. The van der Waals surface area contributed by atoms with Gasteiger partial charge in [-0.25, -0.2) is 0 Å². The van der Waals surface area contributed by atoms with E-state index in [0.717, 1.165) is 70.6 Å². The second-order valence-electron chi connectivity index (χ2n) is 18.6. The minimum Gasteiger partial charge on any atom is -0.462 e. The molecule has 0 saturated heterocycles. The van der Waals surface area contributed by atoms with Gasteiger partial charge in [0.05, 0.1) is 6.61 Å². The average molecular weight is 895 g/mol. The normalized spacial score (nSPS) is 12.6. The number of rotatable bonds is 51. The van der Waals surface area contributed by atoms with E-state index in [1.807, 2.05) is 0 Å². The van der Waals surface area contributed by atoms with Crippen LogP contribution >= 0.6 is 0 Å². The van der Waals surface area contributed by atoms with Gasteiger partial charge in [0.1, 0.15) is 6.61 Å². The SMILES string of the molecule is CC/C=C\C/C=C\C/C=C\C/C=C\CCCCCCCCCCC(=O)OC(CO)COC(=O)CCCCCCCCCCCCCCCCCCC/C=C\CCCCCCCCCC. The Morgan fingerprint density at radius 2 is 0.672 bits per heavy atom. The second-order valence-corrected chi connectivity index (χ2v) is 18.6. The van der Waals surface area contributed by atoms with Crippen molar-refractivity contribution < 1.29 is 24.2 Å². The summed E-state index contributed by atoms with van der Waals surface area (Å²) in [4.78, 5) is 24.5. The van der Waals surface area contributed by atoms with Gasteiger partial charge in [0.2, 0.25) is 0 Å². The Kier molecular flexibility index (Phi) is 52.9. The van der Waals surface area contributed by atoms with Crippen molar-refractivity contribution in [3.05, 3.63) is 60.8 Å². The van der Waals surface area contributed by atoms with Crippen LogP contribution in [0.3, 0.4) is 0 Å². The van der Waals surface area contributed by atoms with E-state index in [0.29, 0.717) is 12.8 Å². The molecule has 5 heteroatoms. The summed E-state index contributed by atoms with van der Waals surface area (Å²) in [5.41, 5.74) is 0. The van der Waals surface area contributed by atoms with Gasteiger partial charge in [0.25, 0.3) is 0 Å². The molecule has 0 aromatic carbocycles. The van der Waals surface area contributed by atoms with Crippen molar-refractivity contribution in [3.8, 4) is 0 Å². The van der Waals surface area contributed by atoms with Crippen molar-refractivity contribution >= 4 is 11.9 Å². The minimum atomic E-state index is -0.778. The van der Waals surface area contributed by atoms with Gasteiger partial charge in [0, 0.05) is 12.8 Å². The summed E-state index contributed by atoms with van der Waals surface area (Å²) < 4.78 is 10.7. The molecule has 1 atom stereocenters. The van der Waals surface area contributed by atoms with Crippen LogP contribution in [0.4, 0.5) is 0 Å². The van der Waals surface area contributed by atoms with Gasteiger partial charge in [-0.05, 0) is 77.0 Å². The van der Waals surface area contributed by atoms with Gasteiger partial charge in [-0.15, -0.1) is 0 Å². The Morgan fingerprint density at radius 3 is 1.03 bits per heavy atom. The van der Waals surface area contributed by atoms with Gasteiger partial charge in [-0.2, -0.15) is 0 Å². The zero-order valence-electron chi connectivity index (χ0n) is 42.5. The smallest absolute Gasteiger partial charge is 0.306 e. The van der Waals surface area contributed by atoms with Gasteiger partial charge in [-0.3, -0.25) is 9.59 Å². The fraction of sp³-hybridized carbons (Fsp3) is 0.797. The van der Waals surface area contributed by atoms with Crippen molar-refractivity contribution in [1.82, 2.24) is 0 Å². The predicted octanol–water partition coefficient (Wildman–Crippen LogP) is 18.6. The van der Waals surface area contributed by atoms with Gasteiger partial charge in [-0.1, -0.05) is 254 Å². The molecule has 0 aliphatic carbocycles. The fourth-order valence-corrected chi connectivity index (χ4v) is 8.13. The molecule has 1 unspecified atom stereocenters. The molecule has 0 fully saturated rings. The predicted molar refractivity (Wildman–Crippen MR) is 279 cm³/mol. The molecule has 0 rings (SSSR count). The maximum absolute atomic E-state index is 12.3. The van der Waals surface area contributed by atoms with Crippen molar-refractivity contribution in [1.29, 1.82) is 0 Å². The lowest BCUT2D eigenvalue weighted by molar-refractivity contribution is -0.161. The fourth-order valence-electron chi connectivity index (χ4n) is 8.13. The summed E-state index contributed by atoms with van der Waals surface area (Å²) in [6.07, 6.45) is 73.4. The summed E-state index contributed by atoms with van der Waals surface area (Å²) in [5, 5.41) is 9.64. The summed E-state index contributed by atoms with van der Waals surface area (Å²) in [7, 11) is 0. The standard InChI is InChI=1S/C59H106O5/c1-3-5-7-9-11-13-15-17-19-21-23-25-26-27-28-29-30-31-32-34-35-37-39-41-43-45-47-49-51-53-58(61)63-56-57(55-60)64-59(62)54-52-50-48-46-44-42-40-38-36-33-24-22-20-18-16-14-12-10-8-6-4-2/h6,8,12,14,18,20-21,23-24,33,57,60H,3-5,7,9-11,13,15-17,19,22,25-32,34-56H2,1-2H3/b8-6-,14-12-,20-18-,23-21-,33-24-. The first kappa shape index (κ1) is 61.6. The number of unbranched alkanes of at least 4 members (excludes halogenated alkanes) is 33. The quantitative estimate of drug-likeness (QED) is 0.0374. The van der Waals surface area contributed by atoms with E-state index < -0.39 is 6.10 Å². The van der Waals surface area contributed by atoms with Gasteiger partial charge < -0.3 is 14.6 Å². The van der Waals surface area contributed by atoms with Crippen LogP contribution < -0.4 is 0 Å². The molecule has 0 heterocycles. The molecule has 5 nitrogen and oxygen atoms in total. The number of allylic oxidation sites excluding steroid dienone is 10. The summed E-state index contributed by atoms with van der Waals surface area (Å²) in [6.45, 7) is 4.05. The van der Waals surface area contributed by atoms with E-state index in [9.17, 15) is 14.7 Å². The highest BCUT2D eigenvalue weighted by atomic mass is 16.6. The zero-order valence-corrected chi connectivity index (χ0v) is 42.5. The number of ether oxygens (including phenoxy) is 2. The van der Waals surface area contributed by atoms with Crippen LogP contribution in [-0.2, 0) is 19.1 Å². The highest BCUT2D eigenvalue weighted by Gasteiger charge is 2.16. The molecule has 0 aliphatic rings. The van der Waals surface area contributed by atoms with E-state index >= 15 is 0 Å². The van der Waals surface area contributed by atoms with Gasteiger partial charge in [0.15, 0.2) is 6.10 Å². The number of carbonyl (C=O) groups excluding carboxylic acids is 2. The molecule has 0 amide bonds. The molecule has 0 bridgehead atoms. The van der Waals surface area contributed by atoms with Crippen LogP contribution in [0.15, 0.2) is 60.8 Å². The van der Waals surface area contributed by atoms with E-state index in [2.05, 4.69) is 74.6 Å². The number of aliphatic hydroxyl groups excluding tert-OH is 1. The van der Waals surface area contributed by atoms with Crippen LogP contribution in [0.2, 0.25) is 0 Å². The number of carbonyl (C=O) groups is 2. The minimum absolute atomic E-state index is 0.0684. The summed E-state index contributed by atoms with van der Waals surface area (Å²) in [6, 6.07) is 0. The van der Waals surface area contributed by atoms with Crippen molar-refractivity contribution in [2.45, 2.75) is 290 Å². The van der Waals surface area contributed by atoms with Crippen LogP contribution in [0, 0.1) is 0 Å². The highest BCUT2D eigenvalue weighted by molar-refractivity contribution is 5.70. The van der Waals surface area contributed by atoms with Crippen LogP contribution in [0.5, 0.6) is 0 Å². The largest absolute Gasteiger partial charge is 0.462 e. The molecule has 0 spiro atoms. The molecule has 0 aromatic rings. The highest BCUT2D eigenvalue weighted by Crippen LogP contribution is 2.16. The molecule has 1 N–H and O–H groups in total.